The molecule has 4 rings (SSSR count). The summed E-state index contributed by atoms with van der Waals surface area (Å²) in [6.07, 6.45) is 2.80. The summed E-state index contributed by atoms with van der Waals surface area (Å²) in [5.74, 6) is 0. The quantitative estimate of drug-likeness (QED) is 0.763. The van der Waals surface area contributed by atoms with Gasteiger partial charge in [-0.05, 0) is 36.2 Å². The molecule has 1 fully saturated rings. The van der Waals surface area contributed by atoms with Crippen LogP contribution in [0, 0.1) is 0 Å². The van der Waals surface area contributed by atoms with Gasteiger partial charge < -0.3 is 15.1 Å². The first-order chi connectivity index (χ1) is 13.2. The van der Waals surface area contributed by atoms with Crippen molar-refractivity contribution in [2.24, 2.45) is 0 Å². The van der Waals surface area contributed by atoms with Gasteiger partial charge in [-0.2, -0.15) is 0 Å². The number of urea groups is 1. The lowest BCUT2D eigenvalue weighted by Gasteiger charge is -2.36. The Kier molecular flexibility index (Phi) is 4.92. The molecule has 2 aromatic carbocycles. The van der Waals surface area contributed by atoms with E-state index in [1.54, 1.807) is 6.20 Å². The average molecular weight is 360 g/mol. The van der Waals surface area contributed by atoms with E-state index >= 15 is 0 Å². The molecule has 5 nitrogen and oxygen atoms in total. The van der Waals surface area contributed by atoms with E-state index in [9.17, 15) is 4.79 Å². The fourth-order valence-corrected chi connectivity index (χ4v) is 3.51. The predicted octanol–water partition coefficient (Wildman–Crippen LogP) is 4.15. The highest BCUT2D eigenvalue weighted by Gasteiger charge is 2.21. The number of benzene rings is 2. The standard InChI is InChI=1S/C22H24N4O/c1-2-17-8-10-19(11-9-17)25-13-15-26(16-14-25)22(27)24-20-7-3-5-18-6-4-12-23-21(18)20/h3-12H,2,13-16H2,1H3,(H,24,27). The summed E-state index contributed by atoms with van der Waals surface area (Å²) in [7, 11) is 0. The molecule has 0 saturated carbocycles. The second kappa shape index (κ2) is 7.66. The lowest BCUT2D eigenvalue weighted by atomic mass is 10.1. The molecule has 0 aliphatic carbocycles. The van der Waals surface area contributed by atoms with E-state index in [0.29, 0.717) is 13.1 Å². The molecule has 1 aliphatic heterocycles. The Hall–Kier alpha value is -3.08. The van der Waals surface area contributed by atoms with Crippen LogP contribution in [0.4, 0.5) is 16.2 Å². The number of aryl methyl sites for hydroxylation is 1. The van der Waals surface area contributed by atoms with E-state index in [2.05, 4.69) is 46.4 Å². The van der Waals surface area contributed by atoms with Crippen LogP contribution >= 0.6 is 0 Å². The van der Waals surface area contributed by atoms with Crippen molar-refractivity contribution in [3.8, 4) is 0 Å². The third-order valence-electron chi connectivity index (χ3n) is 5.15. The van der Waals surface area contributed by atoms with Gasteiger partial charge in [0, 0.05) is 43.4 Å². The Morgan fingerprint density at radius 2 is 1.74 bits per heavy atom. The van der Waals surface area contributed by atoms with Gasteiger partial charge in [-0.3, -0.25) is 4.98 Å². The lowest BCUT2D eigenvalue weighted by Crippen LogP contribution is -2.50. The van der Waals surface area contributed by atoms with Gasteiger partial charge in [0.2, 0.25) is 0 Å². The SMILES string of the molecule is CCc1ccc(N2CCN(C(=O)Nc3cccc4cccnc34)CC2)cc1. The van der Waals surface area contributed by atoms with Gasteiger partial charge in [0.25, 0.3) is 0 Å². The molecule has 0 unspecified atom stereocenters. The van der Waals surface area contributed by atoms with E-state index in [1.807, 2.05) is 35.2 Å². The molecule has 1 aliphatic rings. The van der Waals surface area contributed by atoms with Crippen molar-refractivity contribution in [1.82, 2.24) is 9.88 Å². The Balaban J connectivity index is 1.39. The van der Waals surface area contributed by atoms with Crippen LogP contribution < -0.4 is 10.2 Å². The van der Waals surface area contributed by atoms with Gasteiger partial charge in [0.05, 0.1) is 11.2 Å². The maximum absolute atomic E-state index is 12.7. The maximum Gasteiger partial charge on any atom is 0.322 e. The van der Waals surface area contributed by atoms with Crippen molar-refractivity contribution in [2.45, 2.75) is 13.3 Å². The summed E-state index contributed by atoms with van der Waals surface area (Å²) in [4.78, 5) is 21.3. The van der Waals surface area contributed by atoms with Crippen LogP contribution in [0.25, 0.3) is 10.9 Å². The molecule has 0 bridgehead atoms. The lowest BCUT2D eigenvalue weighted by molar-refractivity contribution is 0.208. The monoisotopic (exact) mass is 360 g/mol. The number of pyridine rings is 1. The smallest absolute Gasteiger partial charge is 0.322 e. The summed E-state index contributed by atoms with van der Waals surface area (Å²) in [5.41, 5.74) is 4.16. The van der Waals surface area contributed by atoms with Crippen LogP contribution in [-0.2, 0) is 6.42 Å². The Bertz CT molecular complexity index is 925. The summed E-state index contributed by atoms with van der Waals surface area (Å²) in [6, 6.07) is 18.4. The molecule has 2 amide bonds. The van der Waals surface area contributed by atoms with Gasteiger partial charge in [-0.15, -0.1) is 0 Å². The fourth-order valence-electron chi connectivity index (χ4n) is 3.51. The van der Waals surface area contributed by atoms with Crippen LogP contribution in [-0.4, -0.2) is 42.1 Å². The van der Waals surface area contributed by atoms with Gasteiger partial charge in [0.1, 0.15) is 0 Å². The first-order valence-electron chi connectivity index (χ1n) is 9.48. The van der Waals surface area contributed by atoms with Gasteiger partial charge >= 0.3 is 6.03 Å². The third kappa shape index (κ3) is 3.72. The van der Waals surface area contributed by atoms with Crippen molar-refractivity contribution in [3.63, 3.8) is 0 Å². The second-order valence-corrected chi connectivity index (χ2v) is 6.80. The maximum atomic E-state index is 12.7. The van der Waals surface area contributed by atoms with Gasteiger partial charge in [0.15, 0.2) is 0 Å². The minimum Gasteiger partial charge on any atom is -0.368 e. The summed E-state index contributed by atoms with van der Waals surface area (Å²) >= 11 is 0. The molecule has 1 N–H and O–H groups in total. The van der Waals surface area contributed by atoms with Crippen LogP contribution in [0.15, 0.2) is 60.8 Å². The van der Waals surface area contributed by atoms with E-state index in [1.165, 1.54) is 11.3 Å². The number of carbonyl (C=O) groups excluding carboxylic acids is 1. The number of piperazine rings is 1. The number of nitrogens with zero attached hydrogens (tertiary/aromatic N) is 3. The number of anilines is 2. The van der Waals surface area contributed by atoms with Crippen LogP contribution in [0.5, 0.6) is 0 Å². The normalized spacial score (nSPS) is 14.4. The fraction of sp³-hybridized carbons (Fsp3) is 0.273. The number of para-hydroxylation sites is 1. The first-order valence-corrected chi connectivity index (χ1v) is 9.48. The van der Waals surface area contributed by atoms with Crippen LogP contribution in [0.2, 0.25) is 0 Å². The number of nitrogens with one attached hydrogen (secondary N) is 1. The zero-order valence-corrected chi connectivity index (χ0v) is 15.6. The Labute approximate surface area is 159 Å². The highest BCUT2D eigenvalue weighted by molar-refractivity contribution is 5.99. The topological polar surface area (TPSA) is 48.5 Å². The van der Waals surface area contributed by atoms with E-state index < -0.39 is 0 Å². The number of rotatable bonds is 3. The van der Waals surface area contributed by atoms with E-state index in [4.69, 9.17) is 0 Å². The average Bonchev–Trinajstić information content (AvgIpc) is 2.74. The van der Waals surface area contributed by atoms with Gasteiger partial charge in [-0.25, -0.2) is 4.79 Å². The second-order valence-electron chi connectivity index (χ2n) is 6.80. The van der Waals surface area contributed by atoms with Crippen molar-refractivity contribution >= 4 is 28.3 Å². The number of hydrogen-bond acceptors (Lipinski definition) is 3. The molecule has 1 aromatic heterocycles. The largest absolute Gasteiger partial charge is 0.368 e. The number of hydrogen-bond donors (Lipinski definition) is 1. The Morgan fingerprint density at radius 3 is 2.48 bits per heavy atom. The third-order valence-corrected chi connectivity index (χ3v) is 5.15. The molecule has 0 atom stereocenters. The molecule has 0 spiro atoms. The first kappa shape index (κ1) is 17.3. The molecule has 0 radical (unpaired) electrons. The molecule has 2 heterocycles. The van der Waals surface area contributed by atoms with Crippen molar-refractivity contribution in [1.29, 1.82) is 0 Å². The molecule has 138 valence electrons. The molecular formula is C22H24N4O. The highest BCUT2D eigenvalue weighted by Crippen LogP contribution is 2.22. The molecule has 5 heteroatoms. The Morgan fingerprint density at radius 1 is 1.00 bits per heavy atom. The van der Waals surface area contributed by atoms with Gasteiger partial charge in [-0.1, -0.05) is 37.3 Å². The number of fused-ring (bicyclic) bond motifs is 1. The zero-order chi connectivity index (χ0) is 18.6. The van der Waals surface area contributed by atoms with E-state index in [-0.39, 0.29) is 6.03 Å². The summed E-state index contributed by atoms with van der Waals surface area (Å²) < 4.78 is 0. The highest BCUT2D eigenvalue weighted by atomic mass is 16.2. The molecule has 3 aromatic rings. The minimum atomic E-state index is -0.0610. The van der Waals surface area contributed by atoms with Crippen molar-refractivity contribution in [3.05, 3.63) is 66.4 Å². The number of aromatic nitrogens is 1. The van der Waals surface area contributed by atoms with Crippen molar-refractivity contribution < 1.29 is 4.79 Å². The van der Waals surface area contributed by atoms with Crippen LogP contribution in [0.3, 0.4) is 0 Å². The molecule has 1 saturated heterocycles. The zero-order valence-electron chi connectivity index (χ0n) is 15.6. The number of carbonyl (C=O) groups is 1. The molecule has 27 heavy (non-hydrogen) atoms. The number of amides is 2. The summed E-state index contributed by atoms with van der Waals surface area (Å²) in [6.45, 7) is 5.26. The minimum absolute atomic E-state index is 0.0610. The summed E-state index contributed by atoms with van der Waals surface area (Å²) in [5, 5.41) is 4.05. The van der Waals surface area contributed by atoms with Crippen molar-refractivity contribution in [2.75, 3.05) is 36.4 Å². The predicted molar refractivity (Wildman–Crippen MR) is 110 cm³/mol. The molecular weight excluding hydrogens is 336 g/mol. The van der Waals surface area contributed by atoms with Crippen LogP contribution in [0.1, 0.15) is 12.5 Å². The van der Waals surface area contributed by atoms with E-state index in [0.717, 1.165) is 36.1 Å².